The zero-order valence-corrected chi connectivity index (χ0v) is 28.0. The summed E-state index contributed by atoms with van der Waals surface area (Å²) in [6, 6.07) is 32.2. The van der Waals surface area contributed by atoms with Gasteiger partial charge < -0.3 is 29.7 Å². The van der Waals surface area contributed by atoms with E-state index in [4.69, 9.17) is 19.3 Å². The van der Waals surface area contributed by atoms with E-state index in [0.29, 0.717) is 32.2 Å². The van der Waals surface area contributed by atoms with Crippen molar-refractivity contribution in [2.24, 2.45) is 0 Å². The highest BCUT2D eigenvalue weighted by Gasteiger charge is 2.32. The Balaban J connectivity index is 1.23. The molecule has 9 heteroatoms. The van der Waals surface area contributed by atoms with Gasteiger partial charge in [-0.05, 0) is 58.9 Å². The van der Waals surface area contributed by atoms with E-state index < -0.39 is 12.3 Å². The summed E-state index contributed by atoms with van der Waals surface area (Å²) in [5.41, 5.74) is 5.92. The van der Waals surface area contributed by atoms with E-state index in [-0.39, 0.29) is 31.1 Å². The number of hydrogen-bond acceptors (Lipinski definition) is 7. The first kappa shape index (κ1) is 35.2. The van der Waals surface area contributed by atoms with Gasteiger partial charge in [0, 0.05) is 42.0 Å². The summed E-state index contributed by atoms with van der Waals surface area (Å²) < 4.78 is 18.6. The van der Waals surface area contributed by atoms with Crippen molar-refractivity contribution in [3.05, 3.63) is 119 Å². The van der Waals surface area contributed by atoms with Gasteiger partial charge in [0.2, 0.25) is 5.91 Å². The van der Waals surface area contributed by atoms with Crippen molar-refractivity contribution in [3.8, 4) is 16.9 Å². The maximum atomic E-state index is 12.3. The number of aliphatic hydroxyl groups is 1. The SMILES string of the molecule is COc1ccccc1SCC1CC(c2ccc(CO)cc2)OC(c2ccc(-c3cccc(CNC(=O)CCCCCC(=O)O)c3)cc2)O1. The summed E-state index contributed by atoms with van der Waals surface area (Å²) in [5, 5.41) is 21.2. The Morgan fingerprint density at radius 1 is 0.833 bits per heavy atom. The van der Waals surface area contributed by atoms with Crippen LogP contribution in [0.2, 0.25) is 0 Å². The summed E-state index contributed by atoms with van der Waals surface area (Å²) in [6.07, 6.45) is 2.43. The Kier molecular flexibility index (Phi) is 13.1. The minimum absolute atomic E-state index is 0.00279. The zero-order chi connectivity index (χ0) is 33.7. The van der Waals surface area contributed by atoms with Crippen LogP contribution in [0.5, 0.6) is 5.75 Å². The molecule has 3 unspecified atom stereocenters. The molecule has 5 rings (SSSR count). The minimum atomic E-state index is -0.802. The average molecular weight is 670 g/mol. The predicted molar refractivity (Wildman–Crippen MR) is 187 cm³/mol. The largest absolute Gasteiger partial charge is 0.496 e. The van der Waals surface area contributed by atoms with Gasteiger partial charge in [-0.25, -0.2) is 0 Å². The molecule has 1 aliphatic heterocycles. The third kappa shape index (κ3) is 10.2. The molecule has 4 aromatic carbocycles. The van der Waals surface area contributed by atoms with Crippen LogP contribution in [-0.4, -0.2) is 41.1 Å². The molecular formula is C39H43NO7S. The quantitative estimate of drug-likeness (QED) is 0.0817. The number of hydrogen-bond donors (Lipinski definition) is 3. The van der Waals surface area contributed by atoms with Gasteiger partial charge in [0.1, 0.15) is 5.75 Å². The Labute approximate surface area is 286 Å². The van der Waals surface area contributed by atoms with Gasteiger partial charge in [0.25, 0.3) is 0 Å². The van der Waals surface area contributed by atoms with Crippen molar-refractivity contribution >= 4 is 23.6 Å². The van der Waals surface area contributed by atoms with Crippen LogP contribution in [0.25, 0.3) is 11.1 Å². The fourth-order valence-corrected chi connectivity index (χ4v) is 6.71. The maximum absolute atomic E-state index is 12.3. The van der Waals surface area contributed by atoms with E-state index in [0.717, 1.165) is 56.2 Å². The van der Waals surface area contributed by atoms with Crippen molar-refractivity contribution < 1.29 is 34.0 Å². The lowest BCUT2D eigenvalue weighted by Crippen LogP contribution is -2.31. The van der Waals surface area contributed by atoms with Crippen LogP contribution in [0.4, 0.5) is 0 Å². The number of benzene rings is 4. The van der Waals surface area contributed by atoms with E-state index in [1.165, 1.54) is 0 Å². The Bertz CT molecular complexity index is 1630. The number of carboxylic acid groups (broad SMARTS) is 1. The molecular weight excluding hydrogens is 626 g/mol. The van der Waals surface area contributed by atoms with Crippen molar-refractivity contribution in [1.82, 2.24) is 5.32 Å². The second kappa shape index (κ2) is 17.8. The van der Waals surface area contributed by atoms with Crippen molar-refractivity contribution in [2.75, 3.05) is 12.9 Å². The molecule has 3 atom stereocenters. The number of aliphatic carboxylic acids is 1. The van der Waals surface area contributed by atoms with Gasteiger partial charge in [-0.15, -0.1) is 11.8 Å². The lowest BCUT2D eigenvalue weighted by Gasteiger charge is -2.36. The normalized spacial score (nSPS) is 17.5. The van der Waals surface area contributed by atoms with Crippen LogP contribution in [0.3, 0.4) is 0 Å². The summed E-state index contributed by atoms with van der Waals surface area (Å²) in [7, 11) is 1.68. The number of nitrogens with one attached hydrogen (secondary N) is 1. The van der Waals surface area contributed by atoms with E-state index in [9.17, 15) is 14.7 Å². The van der Waals surface area contributed by atoms with Crippen molar-refractivity contribution in [2.45, 2.75) is 75.1 Å². The van der Waals surface area contributed by atoms with Gasteiger partial charge in [0.15, 0.2) is 6.29 Å². The number of para-hydroxylation sites is 1. The fraction of sp³-hybridized carbons (Fsp3) is 0.333. The minimum Gasteiger partial charge on any atom is -0.496 e. The summed E-state index contributed by atoms with van der Waals surface area (Å²) in [5.74, 6) is 0.741. The number of aliphatic hydroxyl groups excluding tert-OH is 1. The van der Waals surface area contributed by atoms with Crippen LogP contribution in [-0.2, 0) is 32.2 Å². The van der Waals surface area contributed by atoms with Crippen LogP contribution >= 0.6 is 11.8 Å². The molecule has 0 radical (unpaired) electrons. The number of carbonyl (C=O) groups excluding carboxylic acids is 1. The van der Waals surface area contributed by atoms with Crippen molar-refractivity contribution in [1.29, 1.82) is 0 Å². The molecule has 1 amide bonds. The fourth-order valence-electron chi connectivity index (χ4n) is 5.66. The second-order valence-electron chi connectivity index (χ2n) is 11.9. The highest BCUT2D eigenvalue weighted by molar-refractivity contribution is 7.99. The van der Waals surface area contributed by atoms with Gasteiger partial charge in [0.05, 0.1) is 25.9 Å². The maximum Gasteiger partial charge on any atom is 0.303 e. The molecule has 0 saturated carbocycles. The standard InChI is InChI=1S/C39H43NO7S/c1-45-34-10-5-6-11-36(34)48-26-33-23-35(30-16-14-27(25-41)15-17-30)47-39(46-33)31-20-18-29(19-21-31)32-9-7-8-28(22-32)24-40-37(42)12-3-2-4-13-38(43)44/h5-11,14-22,33,35,39,41H,2-4,12-13,23-26H2,1H3,(H,40,42)(H,43,44). The Morgan fingerprint density at radius 2 is 1.58 bits per heavy atom. The third-order valence-corrected chi connectivity index (χ3v) is 9.52. The van der Waals surface area contributed by atoms with Crippen LogP contribution in [0, 0.1) is 0 Å². The highest BCUT2D eigenvalue weighted by Crippen LogP contribution is 2.40. The number of unbranched alkanes of at least 4 members (excludes halogenated alkanes) is 2. The number of ether oxygens (including phenoxy) is 3. The van der Waals surface area contributed by atoms with E-state index in [2.05, 4.69) is 29.6 Å². The number of amides is 1. The number of carbonyl (C=O) groups is 2. The predicted octanol–water partition coefficient (Wildman–Crippen LogP) is 7.84. The monoisotopic (exact) mass is 669 g/mol. The molecule has 4 aromatic rings. The van der Waals surface area contributed by atoms with Crippen LogP contribution in [0.1, 0.15) is 73.2 Å². The molecule has 0 aliphatic carbocycles. The lowest BCUT2D eigenvalue weighted by atomic mass is 9.99. The number of thioether (sulfide) groups is 1. The van der Waals surface area contributed by atoms with E-state index >= 15 is 0 Å². The van der Waals surface area contributed by atoms with Crippen LogP contribution < -0.4 is 10.1 Å². The topological polar surface area (TPSA) is 114 Å². The van der Waals surface area contributed by atoms with Crippen LogP contribution in [0.15, 0.2) is 102 Å². The Hall–Kier alpha value is -4.15. The molecule has 48 heavy (non-hydrogen) atoms. The molecule has 8 nitrogen and oxygen atoms in total. The van der Waals surface area contributed by atoms with Gasteiger partial charge in [-0.1, -0.05) is 85.3 Å². The van der Waals surface area contributed by atoms with Gasteiger partial charge in [-0.3, -0.25) is 9.59 Å². The first-order chi connectivity index (χ1) is 23.4. The summed E-state index contributed by atoms with van der Waals surface area (Å²) >= 11 is 1.71. The second-order valence-corrected chi connectivity index (χ2v) is 12.9. The number of methoxy groups -OCH3 is 1. The summed E-state index contributed by atoms with van der Waals surface area (Å²) in [6.45, 7) is 0.426. The average Bonchev–Trinajstić information content (AvgIpc) is 3.13. The Morgan fingerprint density at radius 3 is 2.33 bits per heavy atom. The molecule has 1 heterocycles. The van der Waals surface area contributed by atoms with E-state index in [1.807, 2.05) is 72.8 Å². The number of rotatable bonds is 16. The molecule has 1 fully saturated rings. The lowest BCUT2D eigenvalue weighted by molar-refractivity contribution is -0.245. The van der Waals surface area contributed by atoms with Gasteiger partial charge in [-0.2, -0.15) is 0 Å². The molecule has 1 saturated heterocycles. The molecule has 0 aromatic heterocycles. The highest BCUT2D eigenvalue weighted by atomic mass is 32.2. The molecule has 3 N–H and O–H groups in total. The molecule has 252 valence electrons. The van der Waals surface area contributed by atoms with Crippen molar-refractivity contribution in [3.63, 3.8) is 0 Å². The summed E-state index contributed by atoms with van der Waals surface area (Å²) in [4.78, 5) is 24.0. The number of carboxylic acids is 1. The molecule has 1 aliphatic rings. The smallest absolute Gasteiger partial charge is 0.303 e. The third-order valence-electron chi connectivity index (χ3n) is 8.34. The first-order valence-electron chi connectivity index (χ1n) is 16.4. The molecule has 0 bridgehead atoms. The molecule has 0 spiro atoms. The van der Waals surface area contributed by atoms with Gasteiger partial charge >= 0.3 is 5.97 Å². The van der Waals surface area contributed by atoms with E-state index in [1.54, 1.807) is 18.9 Å². The first-order valence-corrected chi connectivity index (χ1v) is 17.3. The zero-order valence-electron chi connectivity index (χ0n) is 27.2.